The fourth-order valence-electron chi connectivity index (χ4n) is 2.36. The minimum Gasteiger partial charge on any atom is -0.378 e. The number of hydrogen-bond donors (Lipinski definition) is 0. The largest absolute Gasteiger partial charge is 0.378 e. The van der Waals surface area contributed by atoms with Crippen LogP contribution in [0.25, 0.3) is 0 Å². The molecule has 0 N–H and O–H groups in total. The third-order valence-corrected chi connectivity index (χ3v) is 4.39. The molecule has 0 radical (unpaired) electrons. The van der Waals surface area contributed by atoms with E-state index in [9.17, 15) is 4.79 Å². The normalized spacial score (nSPS) is 19.2. The van der Waals surface area contributed by atoms with Gasteiger partial charge in [-0.1, -0.05) is 0 Å². The summed E-state index contributed by atoms with van der Waals surface area (Å²) in [7, 11) is 1.88. The summed E-state index contributed by atoms with van der Waals surface area (Å²) in [5, 5.41) is 0. The fraction of sp³-hybridized carbons (Fsp3) is 0.643. The Hall–Kier alpha value is -0.870. The maximum Gasteiger partial charge on any atom is 0.254 e. The van der Waals surface area contributed by atoms with Gasteiger partial charge in [0.2, 0.25) is 0 Å². The molecule has 100 valence electrons. The van der Waals surface area contributed by atoms with Crippen molar-refractivity contribution in [3.05, 3.63) is 21.4 Å². The predicted octanol–water partition coefficient (Wildman–Crippen LogP) is 3.01. The highest BCUT2D eigenvalue weighted by atomic mass is 32.1. The molecular weight excluding hydrogens is 246 g/mol. The van der Waals surface area contributed by atoms with Crippen LogP contribution in [0.1, 0.15) is 39.4 Å². The van der Waals surface area contributed by atoms with Gasteiger partial charge in [-0.25, -0.2) is 0 Å². The van der Waals surface area contributed by atoms with Crippen LogP contribution in [0.4, 0.5) is 0 Å². The van der Waals surface area contributed by atoms with Gasteiger partial charge in [0, 0.05) is 30.0 Å². The number of thiophene rings is 1. The molecule has 0 aromatic carbocycles. The van der Waals surface area contributed by atoms with Crippen LogP contribution in [0.3, 0.4) is 0 Å². The Balaban J connectivity index is 1.89. The first-order valence-corrected chi connectivity index (χ1v) is 7.33. The lowest BCUT2D eigenvalue weighted by molar-refractivity contribution is 0.0715. The van der Waals surface area contributed by atoms with Crippen molar-refractivity contribution in [2.45, 2.75) is 39.2 Å². The first-order chi connectivity index (χ1) is 8.58. The molecule has 0 saturated carbocycles. The van der Waals surface area contributed by atoms with E-state index < -0.39 is 0 Å². The van der Waals surface area contributed by atoms with Crippen molar-refractivity contribution in [1.82, 2.24) is 4.90 Å². The zero-order valence-corrected chi connectivity index (χ0v) is 12.2. The van der Waals surface area contributed by atoms with E-state index in [4.69, 9.17) is 4.74 Å². The topological polar surface area (TPSA) is 29.5 Å². The Kier molecular flexibility index (Phi) is 4.40. The van der Waals surface area contributed by atoms with Gasteiger partial charge in [0.1, 0.15) is 0 Å². The molecule has 1 atom stereocenters. The third-order valence-electron chi connectivity index (χ3n) is 3.43. The minimum absolute atomic E-state index is 0.134. The van der Waals surface area contributed by atoms with E-state index >= 15 is 0 Å². The molecule has 1 aromatic heterocycles. The number of aryl methyl sites for hydroxylation is 2. The summed E-state index contributed by atoms with van der Waals surface area (Å²) >= 11 is 1.69. The van der Waals surface area contributed by atoms with Crippen molar-refractivity contribution >= 4 is 17.2 Å². The Morgan fingerprint density at radius 2 is 2.33 bits per heavy atom. The number of nitrogens with zero attached hydrogens (tertiary/aromatic N) is 1. The monoisotopic (exact) mass is 267 g/mol. The third kappa shape index (κ3) is 3.12. The Labute approximate surface area is 113 Å². The van der Waals surface area contributed by atoms with Crippen LogP contribution in [0.15, 0.2) is 6.07 Å². The van der Waals surface area contributed by atoms with Gasteiger partial charge in [0.15, 0.2) is 0 Å². The fourth-order valence-corrected chi connectivity index (χ4v) is 3.28. The van der Waals surface area contributed by atoms with E-state index in [1.165, 1.54) is 4.88 Å². The maximum atomic E-state index is 12.3. The summed E-state index contributed by atoms with van der Waals surface area (Å²) in [6, 6.07) is 1.99. The molecule has 2 rings (SSSR count). The molecule has 3 nitrogen and oxygen atoms in total. The predicted molar refractivity (Wildman–Crippen MR) is 74.3 cm³/mol. The van der Waals surface area contributed by atoms with Crippen LogP contribution in [0.2, 0.25) is 0 Å². The number of amides is 1. The first kappa shape index (κ1) is 13.6. The molecule has 1 fully saturated rings. The highest BCUT2D eigenvalue weighted by Crippen LogP contribution is 2.22. The SMILES string of the molecule is Cc1cc(C(=O)N(C)CC[C@@H]2CCCO2)c(C)s1. The lowest BCUT2D eigenvalue weighted by Crippen LogP contribution is -2.29. The average Bonchev–Trinajstić information content (AvgIpc) is 2.94. The molecule has 1 aliphatic heterocycles. The average molecular weight is 267 g/mol. The van der Waals surface area contributed by atoms with E-state index in [1.807, 2.05) is 31.9 Å². The number of ether oxygens (including phenoxy) is 1. The molecule has 4 heteroatoms. The van der Waals surface area contributed by atoms with Crippen molar-refractivity contribution in [3.8, 4) is 0 Å². The van der Waals surface area contributed by atoms with Gasteiger partial charge in [-0.2, -0.15) is 0 Å². The molecule has 0 aliphatic carbocycles. The maximum absolute atomic E-state index is 12.3. The van der Waals surface area contributed by atoms with Gasteiger partial charge in [-0.3, -0.25) is 4.79 Å². The van der Waals surface area contributed by atoms with Crippen LogP contribution in [0, 0.1) is 13.8 Å². The van der Waals surface area contributed by atoms with Gasteiger partial charge in [-0.05, 0) is 39.2 Å². The zero-order valence-electron chi connectivity index (χ0n) is 11.4. The van der Waals surface area contributed by atoms with Crippen molar-refractivity contribution in [2.75, 3.05) is 20.2 Å². The van der Waals surface area contributed by atoms with Crippen molar-refractivity contribution in [2.24, 2.45) is 0 Å². The Bertz CT molecular complexity index is 421. The Morgan fingerprint density at radius 1 is 1.56 bits per heavy atom. The molecule has 2 heterocycles. The van der Waals surface area contributed by atoms with Gasteiger partial charge in [-0.15, -0.1) is 11.3 Å². The molecule has 1 saturated heterocycles. The summed E-state index contributed by atoms with van der Waals surface area (Å²) in [6.45, 7) is 5.71. The first-order valence-electron chi connectivity index (χ1n) is 6.52. The lowest BCUT2D eigenvalue weighted by Gasteiger charge is -2.19. The highest BCUT2D eigenvalue weighted by Gasteiger charge is 2.19. The van der Waals surface area contributed by atoms with Gasteiger partial charge < -0.3 is 9.64 Å². The van der Waals surface area contributed by atoms with Crippen molar-refractivity contribution in [1.29, 1.82) is 0 Å². The second-order valence-electron chi connectivity index (χ2n) is 4.98. The number of carbonyl (C=O) groups is 1. The summed E-state index contributed by atoms with van der Waals surface area (Å²) in [4.78, 5) is 16.4. The lowest BCUT2D eigenvalue weighted by atomic mass is 10.1. The van der Waals surface area contributed by atoms with Crippen LogP contribution >= 0.6 is 11.3 Å². The van der Waals surface area contributed by atoms with Crippen molar-refractivity contribution in [3.63, 3.8) is 0 Å². The summed E-state index contributed by atoms with van der Waals surface area (Å²) in [6.07, 6.45) is 3.60. The minimum atomic E-state index is 0.134. The standard InChI is InChI=1S/C14H21NO2S/c1-10-9-13(11(2)18-10)14(16)15(3)7-6-12-5-4-8-17-12/h9,12H,4-8H2,1-3H3/t12-/m0/s1. The van der Waals surface area contributed by atoms with Gasteiger partial charge >= 0.3 is 0 Å². The molecule has 0 unspecified atom stereocenters. The molecule has 0 bridgehead atoms. The molecule has 18 heavy (non-hydrogen) atoms. The molecular formula is C14H21NO2S. The molecule has 1 aromatic rings. The summed E-state index contributed by atoms with van der Waals surface area (Å²) in [5.74, 6) is 0.134. The van der Waals surface area contributed by atoms with Crippen LogP contribution in [0.5, 0.6) is 0 Å². The van der Waals surface area contributed by atoms with Gasteiger partial charge in [0.05, 0.1) is 11.7 Å². The zero-order chi connectivity index (χ0) is 13.1. The van der Waals surface area contributed by atoms with Crippen LogP contribution < -0.4 is 0 Å². The van der Waals surface area contributed by atoms with Gasteiger partial charge in [0.25, 0.3) is 5.91 Å². The Morgan fingerprint density at radius 3 is 2.89 bits per heavy atom. The molecule has 1 amide bonds. The molecule has 0 spiro atoms. The van der Waals surface area contributed by atoms with E-state index in [-0.39, 0.29) is 5.91 Å². The van der Waals surface area contributed by atoms with Crippen molar-refractivity contribution < 1.29 is 9.53 Å². The van der Waals surface area contributed by atoms with Crippen LogP contribution in [-0.4, -0.2) is 37.1 Å². The number of hydrogen-bond acceptors (Lipinski definition) is 3. The van der Waals surface area contributed by atoms with E-state index in [0.717, 1.165) is 42.9 Å². The summed E-state index contributed by atoms with van der Waals surface area (Å²) in [5.41, 5.74) is 0.854. The van der Waals surface area contributed by atoms with E-state index in [1.54, 1.807) is 11.3 Å². The number of carbonyl (C=O) groups excluding carboxylic acids is 1. The molecule has 1 aliphatic rings. The smallest absolute Gasteiger partial charge is 0.254 e. The second-order valence-corrected chi connectivity index (χ2v) is 6.44. The highest BCUT2D eigenvalue weighted by molar-refractivity contribution is 7.12. The quantitative estimate of drug-likeness (QED) is 0.839. The number of rotatable bonds is 4. The van der Waals surface area contributed by atoms with E-state index in [0.29, 0.717) is 6.10 Å². The van der Waals surface area contributed by atoms with E-state index in [2.05, 4.69) is 0 Å². The second kappa shape index (κ2) is 5.85. The summed E-state index contributed by atoms with van der Waals surface area (Å²) < 4.78 is 5.58. The van der Waals surface area contributed by atoms with Crippen LogP contribution in [-0.2, 0) is 4.74 Å².